The fourth-order valence-electron chi connectivity index (χ4n) is 1.66. The summed E-state index contributed by atoms with van der Waals surface area (Å²) in [5, 5.41) is 0. The molecule has 16 heavy (non-hydrogen) atoms. The first-order valence-electron chi connectivity index (χ1n) is 5.68. The summed E-state index contributed by atoms with van der Waals surface area (Å²) in [4.78, 5) is 4.45. The molecule has 2 rings (SSSR count). The lowest BCUT2D eigenvalue weighted by Gasteiger charge is -2.12. The summed E-state index contributed by atoms with van der Waals surface area (Å²) in [5.74, 6) is 1.18. The second-order valence-electron chi connectivity index (χ2n) is 4.64. The van der Waals surface area contributed by atoms with Crippen LogP contribution >= 0.6 is 0 Å². The maximum atomic E-state index is 6.01. The number of rotatable bonds is 3. The van der Waals surface area contributed by atoms with Crippen molar-refractivity contribution in [2.24, 2.45) is 11.7 Å². The number of fused-ring (bicyclic) bond motifs is 1. The van der Waals surface area contributed by atoms with Gasteiger partial charge in [-0.15, -0.1) is 0 Å². The Balaban J connectivity index is 2.30. The van der Waals surface area contributed by atoms with E-state index in [2.05, 4.69) is 18.8 Å². The number of nitrogens with two attached hydrogens (primary N) is 1. The van der Waals surface area contributed by atoms with E-state index in [1.54, 1.807) is 0 Å². The molecule has 0 fully saturated rings. The highest BCUT2D eigenvalue weighted by Crippen LogP contribution is 2.20. The van der Waals surface area contributed by atoms with Crippen LogP contribution in [0.2, 0.25) is 0 Å². The molecule has 1 aromatic heterocycles. The van der Waals surface area contributed by atoms with Crippen molar-refractivity contribution in [1.29, 1.82) is 0 Å². The molecule has 1 aromatic carbocycles. The molecule has 3 heteroatoms. The standard InChI is InChI=1S/C13H18N2O/c1-8(2)10(14)7-12-15-11-6-4-5-9(3)13(11)16-12/h4-6,8,10H,7,14H2,1-3H3. The molecule has 0 radical (unpaired) electrons. The molecule has 0 amide bonds. The first-order valence-corrected chi connectivity index (χ1v) is 5.68. The predicted molar refractivity (Wildman–Crippen MR) is 65.3 cm³/mol. The topological polar surface area (TPSA) is 52.0 Å². The smallest absolute Gasteiger partial charge is 0.197 e. The number of aromatic nitrogens is 1. The highest BCUT2D eigenvalue weighted by atomic mass is 16.3. The number of benzene rings is 1. The molecule has 0 aliphatic carbocycles. The molecule has 0 saturated heterocycles. The van der Waals surface area contributed by atoms with Crippen molar-refractivity contribution in [3.8, 4) is 0 Å². The Kier molecular flexibility index (Phi) is 2.97. The quantitative estimate of drug-likeness (QED) is 0.861. The maximum Gasteiger partial charge on any atom is 0.197 e. The zero-order valence-corrected chi connectivity index (χ0v) is 10.0. The summed E-state index contributed by atoms with van der Waals surface area (Å²) in [6.07, 6.45) is 0.700. The summed E-state index contributed by atoms with van der Waals surface area (Å²) in [5.41, 5.74) is 8.93. The van der Waals surface area contributed by atoms with E-state index in [1.807, 2.05) is 25.1 Å². The lowest BCUT2D eigenvalue weighted by Crippen LogP contribution is -2.28. The molecule has 0 aliphatic heterocycles. The second kappa shape index (κ2) is 4.26. The molecule has 2 aromatic rings. The second-order valence-corrected chi connectivity index (χ2v) is 4.64. The molecule has 0 saturated carbocycles. The monoisotopic (exact) mass is 218 g/mol. The number of hydrogen-bond acceptors (Lipinski definition) is 3. The normalized spacial score (nSPS) is 13.6. The number of para-hydroxylation sites is 1. The molecule has 0 bridgehead atoms. The highest BCUT2D eigenvalue weighted by Gasteiger charge is 2.13. The van der Waals surface area contributed by atoms with E-state index >= 15 is 0 Å². The highest BCUT2D eigenvalue weighted by molar-refractivity contribution is 5.75. The Morgan fingerprint density at radius 1 is 1.38 bits per heavy atom. The van der Waals surface area contributed by atoms with Crippen molar-refractivity contribution in [2.45, 2.75) is 33.2 Å². The van der Waals surface area contributed by atoms with Gasteiger partial charge in [-0.05, 0) is 24.5 Å². The molecule has 1 unspecified atom stereocenters. The van der Waals surface area contributed by atoms with E-state index in [1.165, 1.54) is 0 Å². The summed E-state index contributed by atoms with van der Waals surface area (Å²) < 4.78 is 5.73. The lowest BCUT2D eigenvalue weighted by molar-refractivity contribution is 0.432. The van der Waals surface area contributed by atoms with Crippen molar-refractivity contribution < 1.29 is 4.42 Å². The molecule has 2 N–H and O–H groups in total. The maximum absolute atomic E-state index is 6.01. The zero-order chi connectivity index (χ0) is 11.7. The van der Waals surface area contributed by atoms with Gasteiger partial charge >= 0.3 is 0 Å². The van der Waals surface area contributed by atoms with E-state index in [-0.39, 0.29) is 6.04 Å². The third-order valence-electron chi connectivity index (χ3n) is 2.92. The van der Waals surface area contributed by atoms with Crippen LogP contribution in [-0.2, 0) is 6.42 Å². The Morgan fingerprint density at radius 2 is 2.12 bits per heavy atom. The van der Waals surface area contributed by atoms with Crippen LogP contribution in [0.1, 0.15) is 25.3 Å². The predicted octanol–water partition coefficient (Wildman–Crippen LogP) is 2.66. The van der Waals surface area contributed by atoms with Gasteiger partial charge in [-0.25, -0.2) is 4.98 Å². The van der Waals surface area contributed by atoms with Crippen molar-refractivity contribution in [3.63, 3.8) is 0 Å². The van der Waals surface area contributed by atoms with Gasteiger partial charge in [-0.2, -0.15) is 0 Å². The van der Waals surface area contributed by atoms with E-state index in [0.29, 0.717) is 12.3 Å². The molecule has 1 heterocycles. The largest absolute Gasteiger partial charge is 0.440 e. The van der Waals surface area contributed by atoms with E-state index in [4.69, 9.17) is 10.2 Å². The van der Waals surface area contributed by atoms with Crippen LogP contribution in [0.15, 0.2) is 22.6 Å². The van der Waals surface area contributed by atoms with Gasteiger partial charge in [-0.3, -0.25) is 0 Å². The minimum absolute atomic E-state index is 0.105. The van der Waals surface area contributed by atoms with Crippen molar-refractivity contribution in [3.05, 3.63) is 29.7 Å². The van der Waals surface area contributed by atoms with Crippen LogP contribution in [0.4, 0.5) is 0 Å². The van der Waals surface area contributed by atoms with Crippen LogP contribution < -0.4 is 5.73 Å². The first-order chi connectivity index (χ1) is 7.58. The number of nitrogens with zero attached hydrogens (tertiary/aromatic N) is 1. The average Bonchev–Trinajstić information content (AvgIpc) is 2.61. The lowest BCUT2D eigenvalue weighted by atomic mass is 10.0. The minimum atomic E-state index is 0.105. The van der Waals surface area contributed by atoms with E-state index in [0.717, 1.165) is 22.6 Å². The Hall–Kier alpha value is -1.35. The fourth-order valence-corrected chi connectivity index (χ4v) is 1.66. The minimum Gasteiger partial charge on any atom is -0.440 e. The van der Waals surface area contributed by atoms with Crippen LogP contribution in [0.3, 0.4) is 0 Å². The summed E-state index contributed by atoms with van der Waals surface area (Å²) in [6.45, 7) is 6.25. The van der Waals surface area contributed by atoms with Crippen LogP contribution in [0.25, 0.3) is 11.1 Å². The van der Waals surface area contributed by atoms with Gasteiger partial charge in [0.1, 0.15) is 5.52 Å². The third kappa shape index (κ3) is 2.09. The Morgan fingerprint density at radius 3 is 2.75 bits per heavy atom. The van der Waals surface area contributed by atoms with E-state index in [9.17, 15) is 0 Å². The van der Waals surface area contributed by atoms with Crippen molar-refractivity contribution >= 4 is 11.1 Å². The number of hydrogen-bond donors (Lipinski definition) is 1. The van der Waals surface area contributed by atoms with Gasteiger partial charge in [0.25, 0.3) is 0 Å². The SMILES string of the molecule is Cc1cccc2nc(CC(N)C(C)C)oc12. The van der Waals surface area contributed by atoms with Gasteiger partial charge in [0.05, 0.1) is 0 Å². The van der Waals surface area contributed by atoms with Gasteiger partial charge in [-0.1, -0.05) is 26.0 Å². The van der Waals surface area contributed by atoms with Gasteiger partial charge in [0, 0.05) is 12.5 Å². The molecule has 1 atom stereocenters. The molecule has 0 spiro atoms. The summed E-state index contributed by atoms with van der Waals surface area (Å²) in [7, 11) is 0. The molecule has 3 nitrogen and oxygen atoms in total. The fraction of sp³-hybridized carbons (Fsp3) is 0.462. The third-order valence-corrected chi connectivity index (χ3v) is 2.92. The van der Waals surface area contributed by atoms with Crippen LogP contribution in [0.5, 0.6) is 0 Å². The van der Waals surface area contributed by atoms with Crippen molar-refractivity contribution in [1.82, 2.24) is 4.98 Å². The van der Waals surface area contributed by atoms with E-state index < -0.39 is 0 Å². The van der Waals surface area contributed by atoms with Gasteiger partial charge in [0.15, 0.2) is 11.5 Å². The molecule has 0 aliphatic rings. The molecule has 86 valence electrons. The van der Waals surface area contributed by atoms with Crippen LogP contribution in [0, 0.1) is 12.8 Å². The van der Waals surface area contributed by atoms with Gasteiger partial charge < -0.3 is 10.2 Å². The summed E-state index contributed by atoms with van der Waals surface area (Å²) >= 11 is 0. The first kappa shape index (κ1) is 11.1. The zero-order valence-electron chi connectivity index (χ0n) is 10.0. The molecular formula is C13H18N2O. The number of aryl methyl sites for hydroxylation is 1. The van der Waals surface area contributed by atoms with Crippen LogP contribution in [-0.4, -0.2) is 11.0 Å². The van der Waals surface area contributed by atoms with Gasteiger partial charge in [0.2, 0.25) is 0 Å². The van der Waals surface area contributed by atoms with Crippen molar-refractivity contribution in [2.75, 3.05) is 0 Å². The number of oxazole rings is 1. The average molecular weight is 218 g/mol. The Bertz CT molecular complexity index is 488. The molecular weight excluding hydrogens is 200 g/mol. The Labute approximate surface area is 95.7 Å². The summed E-state index contributed by atoms with van der Waals surface area (Å²) in [6, 6.07) is 6.09.